The summed E-state index contributed by atoms with van der Waals surface area (Å²) < 4.78 is 13.0. The van der Waals surface area contributed by atoms with Crippen LogP contribution < -0.4 is 16.2 Å². The van der Waals surface area contributed by atoms with Crippen LogP contribution in [0.4, 0.5) is 21.7 Å². The van der Waals surface area contributed by atoms with Crippen LogP contribution in [0.5, 0.6) is 0 Å². The summed E-state index contributed by atoms with van der Waals surface area (Å²) in [6.45, 7) is 2.06. The van der Waals surface area contributed by atoms with E-state index in [0.717, 1.165) is 24.4 Å². The second-order valence-corrected chi connectivity index (χ2v) is 4.46. The minimum Gasteiger partial charge on any atom is -0.329 e. The molecule has 106 valence electrons. The van der Waals surface area contributed by atoms with Crippen molar-refractivity contribution in [2.24, 2.45) is 5.84 Å². The number of nitrogens with two attached hydrogens (primary N) is 1. The zero-order valence-corrected chi connectivity index (χ0v) is 11.6. The first-order valence-electron chi connectivity index (χ1n) is 6.48. The Labute approximate surface area is 117 Å². The van der Waals surface area contributed by atoms with E-state index in [4.69, 9.17) is 5.84 Å². The number of nitrogen functional groups attached to an aromatic ring is 1. The van der Waals surface area contributed by atoms with E-state index in [1.165, 1.54) is 12.1 Å². The van der Waals surface area contributed by atoms with Crippen molar-refractivity contribution in [1.29, 1.82) is 0 Å². The minimum absolute atomic E-state index is 0.263. The number of aryl methyl sites for hydroxylation is 1. The Morgan fingerprint density at radius 3 is 2.55 bits per heavy atom. The third-order valence-corrected chi connectivity index (χ3v) is 2.94. The number of nitrogens with zero attached hydrogens (tertiary/aromatic N) is 3. The smallest absolute Gasteiger partial charge is 0.145 e. The molecule has 0 amide bonds. The summed E-state index contributed by atoms with van der Waals surface area (Å²) in [7, 11) is 1.87. The molecule has 6 heteroatoms. The molecule has 2 aromatic rings. The Morgan fingerprint density at radius 1 is 1.25 bits per heavy atom. The molecule has 5 nitrogen and oxygen atoms in total. The maximum absolute atomic E-state index is 13.0. The van der Waals surface area contributed by atoms with Gasteiger partial charge in [-0.05, 0) is 30.7 Å². The zero-order valence-electron chi connectivity index (χ0n) is 11.6. The molecule has 0 saturated carbocycles. The average Bonchev–Trinajstić information content (AvgIpc) is 2.47. The first kappa shape index (κ1) is 14.2. The maximum atomic E-state index is 13.0. The molecule has 20 heavy (non-hydrogen) atoms. The number of benzene rings is 1. The van der Waals surface area contributed by atoms with Gasteiger partial charge in [0.1, 0.15) is 23.3 Å². The van der Waals surface area contributed by atoms with Gasteiger partial charge in [-0.15, -0.1) is 0 Å². The highest BCUT2D eigenvalue weighted by molar-refractivity contribution is 5.61. The van der Waals surface area contributed by atoms with Gasteiger partial charge in [-0.3, -0.25) is 0 Å². The quantitative estimate of drug-likeness (QED) is 0.648. The second kappa shape index (κ2) is 6.29. The van der Waals surface area contributed by atoms with Crippen molar-refractivity contribution in [3.05, 3.63) is 42.0 Å². The van der Waals surface area contributed by atoms with Crippen molar-refractivity contribution in [3.63, 3.8) is 0 Å². The molecule has 0 spiro atoms. The van der Waals surface area contributed by atoms with Gasteiger partial charge in [0.25, 0.3) is 0 Å². The molecule has 0 saturated heterocycles. The van der Waals surface area contributed by atoms with Crippen LogP contribution in [0, 0.1) is 5.82 Å². The summed E-state index contributed by atoms with van der Waals surface area (Å²) in [6, 6.07) is 7.99. The molecule has 0 radical (unpaired) electrons. The topological polar surface area (TPSA) is 67.1 Å². The van der Waals surface area contributed by atoms with E-state index in [9.17, 15) is 4.39 Å². The Bertz CT molecular complexity index is 570. The highest BCUT2D eigenvalue weighted by Crippen LogP contribution is 2.23. The van der Waals surface area contributed by atoms with E-state index in [2.05, 4.69) is 22.3 Å². The average molecular weight is 275 g/mol. The van der Waals surface area contributed by atoms with E-state index in [-0.39, 0.29) is 5.82 Å². The number of rotatable bonds is 5. The number of hydrogen-bond acceptors (Lipinski definition) is 5. The fourth-order valence-corrected chi connectivity index (χ4v) is 1.86. The Morgan fingerprint density at radius 2 is 1.95 bits per heavy atom. The van der Waals surface area contributed by atoms with Crippen LogP contribution >= 0.6 is 0 Å². The molecule has 0 aliphatic carbocycles. The third-order valence-electron chi connectivity index (χ3n) is 2.94. The lowest BCUT2D eigenvalue weighted by molar-refractivity contribution is 0.628. The SMILES string of the molecule is CCCc1nc(NN)cc(N(C)c2ccc(F)cc2)n1. The van der Waals surface area contributed by atoms with Crippen molar-refractivity contribution in [3.8, 4) is 0 Å². The summed E-state index contributed by atoms with van der Waals surface area (Å²) in [5.74, 6) is 7.17. The van der Waals surface area contributed by atoms with Gasteiger partial charge in [0.2, 0.25) is 0 Å². The van der Waals surface area contributed by atoms with Crippen LogP contribution in [0.3, 0.4) is 0 Å². The van der Waals surface area contributed by atoms with E-state index in [1.807, 2.05) is 11.9 Å². The van der Waals surface area contributed by atoms with Crippen LogP contribution in [-0.4, -0.2) is 17.0 Å². The van der Waals surface area contributed by atoms with Gasteiger partial charge < -0.3 is 10.3 Å². The number of hydrazine groups is 1. The number of halogens is 1. The van der Waals surface area contributed by atoms with E-state index in [1.54, 1.807) is 18.2 Å². The highest BCUT2D eigenvalue weighted by Gasteiger charge is 2.09. The lowest BCUT2D eigenvalue weighted by Gasteiger charge is -2.19. The summed E-state index contributed by atoms with van der Waals surface area (Å²) in [5.41, 5.74) is 3.39. The number of anilines is 3. The third kappa shape index (κ3) is 3.21. The number of hydrogen-bond donors (Lipinski definition) is 2. The molecular weight excluding hydrogens is 257 g/mol. The van der Waals surface area contributed by atoms with E-state index >= 15 is 0 Å². The molecule has 1 aromatic carbocycles. The molecule has 0 bridgehead atoms. The van der Waals surface area contributed by atoms with Crippen LogP contribution in [0.1, 0.15) is 19.2 Å². The van der Waals surface area contributed by atoms with Gasteiger partial charge in [-0.2, -0.15) is 0 Å². The molecule has 0 aliphatic heterocycles. The molecule has 0 aliphatic rings. The predicted molar refractivity (Wildman–Crippen MR) is 78.3 cm³/mol. The predicted octanol–water partition coefficient (Wildman–Crippen LogP) is 2.62. The fraction of sp³-hybridized carbons (Fsp3) is 0.286. The monoisotopic (exact) mass is 275 g/mol. The maximum Gasteiger partial charge on any atom is 0.145 e. The molecule has 3 N–H and O–H groups in total. The Kier molecular flexibility index (Phi) is 4.47. The van der Waals surface area contributed by atoms with E-state index in [0.29, 0.717) is 11.6 Å². The molecule has 1 heterocycles. The van der Waals surface area contributed by atoms with Crippen LogP contribution in [-0.2, 0) is 6.42 Å². The van der Waals surface area contributed by atoms with Gasteiger partial charge in [-0.25, -0.2) is 20.2 Å². The number of nitrogens with one attached hydrogen (secondary N) is 1. The normalized spacial score (nSPS) is 10.4. The lowest BCUT2D eigenvalue weighted by atomic mass is 10.3. The minimum atomic E-state index is -0.263. The Hall–Kier alpha value is -2.21. The first-order chi connectivity index (χ1) is 9.63. The van der Waals surface area contributed by atoms with Crippen molar-refractivity contribution >= 4 is 17.3 Å². The summed E-state index contributed by atoms with van der Waals surface area (Å²) in [4.78, 5) is 10.7. The fourth-order valence-electron chi connectivity index (χ4n) is 1.86. The largest absolute Gasteiger partial charge is 0.329 e. The summed E-state index contributed by atoms with van der Waals surface area (Å²) in [5, 5.41) is 0. The standard InChI is InChI=1S/C14H18FN5/c1-3-4-12-17-13(19-16)9-14(18-12)20(2)11-7-5-10(15)6-8-11/h5-9H,3-4,16H2,1-2H3,(H,17,18,19). The Balaban J connectivity index is 2.34. The highest BCUT2D eigenvalue weighted by atomic mass is 19.1. The van der Waals surface area contributed by atoms with Crippen molar-refractivity contribution in [2.75, 3.05) is 17.4 Å². The van der Waals surface area contributed by atoms with Gasteiger partial charge in [0.05, 0.1) is 0 Å². The molecule has 0 unspecified atom stereocenters. The molecule has 0 fully saturated rings. The van der Waals surface area contributed by atoms with Crippen molar-refractivity contribution in [2.45, 2.75) is 19.8 Å². The molecule has 1 aromatic heterocycles. The number of aromatic nitrogens is 2. The summed E-state index contributed by atoms with van der Waals surface area (Å²) in [6.07, 6.45) is 1.73. The van der Waals surface area contributed by atoms with Crippen LogP contribution in [0.25, 0.3) is 0 Å². The molecular formula is C14H18FN5. The van der Waals surface area contributed by atoms with Crippen LogP contribution in [0.2, 0.25) is 0 Å². The summed E-state index contributed by atoms with van der Waals surface area (Å²) >= 11 is 0. The van der Waals surface area contributed by atoms with Crippen molar-refractivity contribution in [1.82, 2.24) is 9.97 Å². The van der Waals surface area contributed by atoms with Crippen LogP contribution in [0.15, 0.2) is 30.3 Å². The second-order valence-electron chi connectivity index (χ2n) is 4.46. The van der Waals surface area contributed by atoms with Crippen molar-refractivity contribution < 1.29 is 4.39 Å². The van der Waals surface area contributed by atoms with Gasteiger partial charge in [0, 0.05) is 25.2 Å². The molecule has 2 rings (SSSR count). The van der Waals surface area contributed by atoms with E-state index < -0.39 is 0 Å². The van der Waals surface area contributed by atoms with Gasteiger partial charge >= 0.3 is 0 Å². The zero-order chi connectivity index (χ0) is 14.5. The first-order valence-corrected chi connectivity index (χ1v) is 6.48. The molecule has 0 atom stereocenters. The van der Waals surface area contributed by atoms with Gasteiger partial charge in [-0.1, -0.05) is 6.92 Å². The lowest BCUT2D eigenvalue weighted by Crippen LogP contribution is -2.16. The van der Waals surface area contributed by atoms with Gasteiger partial charge in [0.15, 0.2) is 0 Å².